The molecule has 26 heavy (non-hydrogen) atoms. The number of pyridine rings is 1. The number of rotatable bonds is 4. The number of likely N-dealkylation sites (N-methyl/N-ethyl adjacent to an activating group) is 1. The normalized spacial score (nSPS) is 10.6. The average molecular weight is 412 g/mol. The maximum absolute atomic E-state index is 12.8. The number of fused-ring (bicyclic) bond motifs is 1. The smallest absolute Gasteiger partial charge is 0.256 e. The van der Waals surface area contributed by atoms with Crippen molar-refractivity contribution in [2.45, 2.75) is 6.92 Å². The van der Waals surface area contributed by atoms with E-state index in [0.717, 1.165) is 21.1 Å². The molecule has 0 radical (unpaired) electrons. The fourth-order valence-electron chi connectivity index (χ4n) is 2.73. The second-order valence-corrected chi connectivity index (χ2v) is 6.97. The van der Waals surface area contributed by atoms with Crippen molar-refractivity contribution in [3.63, 3.8) is 0 Å². The van der Waals surface area contributed by atoms with E-state index in [4.69, 9.17) is 0 Å². The first-order valence-electron chi connectivity index (χ1n) is 8.11. The Bertz CT molecular complexity index is 982. The lowest BCUT2D eigenvalue weighted by Crippen LogP contribution is -2.35. The molecule has 132 valence electrons. The number of carbonyl (C=O) groups excluding carboxylic acids is 2. The Morgan fingerprint density at radius 2 is 1.92 bits per heavy atom. The average Bonchev–Trinajstić information content (AvgIpc) is 2.63. The van der Waals surface area contributed by atoms with Gasteiger partial charge in [-0.05, 0) is 42.8 Å². The van der Waals surface area contributed by atoms with Crippen molar-refractivity contribution in [3.05, 3.63) is 70.3 Å². The first-order valence-corrected chi connectivity index (χ1v) is 8.90. The van der Waals surface area contributed by atoms with Gasteiger partial charge in [0, 0.05) is 28.8 Å². The molecule has 0 saturated heterocycles. The molecule has 3 rings (SSSR count). The summed E-state index contributed by atoms with van der Waals surface area (Å²) < 4.78 is 0.948. The van der Waals surface area contributed by atoms with E-state index in [-0.39, 0.29) is 18.4 Å². The molecule has 2 aromatic carbocycles. The molecule has 0 saturated carbocycles. The lowest BCUT2D eigenvalue weighted by molar-refractivity contribution is -0.116. The molecule has 0 fully saturated rings. The molecule has 2 amide bonds. The van der Waals surface area contributed by atoms with Gasteiger partial charge in [0.05, 0.1) is 17.6 Å². The Kier molecular flexibility index (Phi) is 5.32. The van der Waals surface area contributed by atoms with Crippen LogP contribution in [0.4, 0.5) is 5.69 Å². The number of halogens is 1. The fourth-order valence-corrected chi connectivity index (χ4v) is 3.20. The van der Waals surface area contributed by atoms with Gasteiger partial charge in [0.25, 0.3) is 5.91 Å². The highest BCUT2D eigenvalue weighted by Gasteiger charge is 2.18. The largest absolute Gasteiger partial charge is 0.332 e. The van der Waals surface area contributed by atoms with Crippen LogP contribution in [0.15, 0.2) is 59.2 Å². The molecule has 0 aliphatic rings. The summed E-state index contributed by atoms with van der Waals surface area (Å²) in [6.07, 6.45) is 1.65. The van der Waals surface area contributed by atoms with E-state index in [0.29, 0.717) is 11.1 Å². The number of hydrogen-bond acceptors (Lipinski definition) is 3. The van der Waals surface area contributed by atoms with Crippen LogP contribution in [0.25, 0.3) is 10.9 Å². The van der Waals surface area contributed by atoms with Gasteiger partial charge in [-0.1, -0.05) is 34.1 Å². The Hall–Kier alpha value is -2.73. The molecule has 0 aliphatic heterocycles. The summed E-state index contributed by atoms with van der Waals surface area (Å²) in [4.78, 5) is 30.8. The van der Waals surface area contributed by atoms with Gasteiger partial charge in [-0.25, -0.2) is 0 Å². The third-order valence-electron chi connectivity index (χ3n) is 4.05. The van der Waals surface area contributed by atoms with Gasteiger partial charge < -0.3 is 10.2 Å². The Labute approximate surface area is 160 Å². The van der Waals surface area contributed by atoms with Crippen molar-refractivity contribution in [1.29, 1.82) is 0 Å². The number of carbonyl (C=O) groups is 2. The molecule has 1 N–H and O–H groups in total. The quantitative estimate of drug-likeness (QED) is 0.704. The van der Waals surface area contributed by atoms with Crippen molar-refractivity contribution in [3.8, 4) is 0 Å². The van der Waals surface area contributed by atoms with Gasteiger partial charge in [-0.2, -0.15) is 0 Å². The number of aromatic nitrogens is 1. The van der Waals surface area contributed by atoms with Crippen molar-refractivity contribution in [1.82, 2.24) is 9.88 Å². The standard InChI is InChI=1S/C20H18BrN3O2/c1-13-11-15(21)8-9-17(13)23-18(25)12-24(2)20(26)16-7-3-5-14-6-4-10-22-19(14)16/h3-11H,12H2,1-2H3,(H,23,25). The van der Waals surface area contributed by atoms with E-state index in [2.05, 4.69) is 26.2 Å². The van der Waals surface area contributed by atoms with Gasteiger partial charge in [0.15, 0.2) is 0 Å². The lowest BCUT2D eigenvalue weighted by Gasteiger charge is -2.18. The number of amides is 2. The molecule has 6 heteroatoms. The number of hydrogen-bond donors (Lipinski definition) is 1. The molecule has 1 aromatic heterocycles. The van der Waals surface area contributed by atoms with E-state index in [1.54, 1.807) is 19.3 Å². The molecule has 0 spiro atoms. The predicted molar refractivity (Wildman–Crippen MR) is 106 cm³/mol. The van der Waals surface area contributed by atoms with Crippen molar-refractivity contribution in [2.24, 2.45) is 0 Å². The molecular formula is C20H18BrN3O2. The van der Waals surface area contributed by atoms with Crippen LogP contribution in [-0.4, -0.2) is 35.3 Å². The zero-order valence-electron chi connectivity index (χ0n) is 14.5. The zero-order chi connectivity index (χ0) is 18.7. The first-order chi connectivity index (χ1) is 12.5. The number of nitrogens with zero attached hydrogens (tertiary/aromatic N) is 2. The maximum atomic E-state index is 12.8. The topological polar surface area (TPSA) is 62.3 Å². The second-order valence-electron chi connectivity index (χ2n) is 6.05. The summed E-state index contributed by atoms with van der Waals surface area (Å²) in [6.45, 7) is 1.87. The minimum atomic E-state index is -0.250. The predicted octanol–water partition coefficient (Wildman–Crippen LogP) is 4.02. The van der Waals surface area contributed by atoms with Crippen molar-refractivity contribution < 1.29 is 9.59 Å². The van der Waals surface area contributed by atoms with Crippen LogP contribution in [0.1, 0.15) is 15.9 Å². The van der Waals surface area contributed by atoms with Gasteiger partial charge in [-0.3, -0.25) is 14.6 Å². The van der Waals surface area contributed by atoms with Gasteiger partial charge in [0.2, 0.25) is 5.91 Å². The van der Waals surface area contributed by atoms with E-state index < -0.39 is 0 Å². The summed E-state index contributed by atoms with van der Waals surface area (Å²) in [5, 5.41) is 3.73. The summed E-state index contributed by atoms with van der Waals surface area (Å²) >= 11 is 3.40. The van der Waals surface area contributed by atoms with E-state index >= 15 is 0 Å². The highest BCUT2D eigenvalue weighted by molar-refractivity contribution is 9.10. The Morgan fingerprint density at radius 3 is 2.69 bits per heavy atom. The van der Waals surface area contributed by atoms with Crippen LogP contribution in [0.3, 0.4) is 0 Å². The monoisotopic (exact) mass is 411 g/mol. The second kappa shape index (κ2) is 7.66. The number of benzene rings is 2. The van der Waals surface area contributed by atoms with E-state index in [1.807, 2.05) is 49.4 Å². The first kappa shape index (κ1) is 18.1. The highest BCUT2D eigenvalue weighted by atomic mass is 79.9. The molecule has 0 unspecified atom stereocenters. The minimum Gasteiger partial charge on any atom is -0.332 e. The van der Waals surface area contributed by atoms with Crippen LogP contribution in [0.5, 0.6) is 0 Å². The molecule has 0 bridgehead atoms. The zero-order valence-corrected chi connectivity index (χ0v) is 16.1. The van der Waals surface area contributed by atoms with Gasteiger partial charge in [-0.15, -0.1) is 0 Å². The van der Waals surface area contributed by atoms with E-state index in [1.165, 1.54) is 4.90 Å². The number of nitrogens with one attached hydrogen (secondary N) is 1. The summed E-state index contributed by atoms with van der Waals surface area (Å²) in [5.41, 5.74) is 2.79. The van der Waals surface area contributed by atoms with Gasteiger partial charge in [0.1, 0.15) is 0 Å². The van der Waals surface area contributed by atoms with Crippen LogP contribution >= 0.6 is 15.9 Å². The molecule has 1 heterocycles. The molecule has 0 aliphatic carbocycles. The molecule has 0 atom stereocenters. The van der Waals surface area contributed by atoms with Crippen molar-refractivity contribution in [2.75, 3.05) is 18.9 Å². The SMILES string of the molecule is Cc1cc(Br)ccc1NC(=O)CN(C)C(=O)c1cccc2cccnc12. The molecular weight excluding hydrogens is 394 g/mol. The maximum Gasteiger partial charge on any atom is 0.256 e. The highest BCUT2D eigenvalue weighted by Crippen LogP contribution is 2.20. The van der Waals surface area contributed by atoms with Gasteiger partial charge >= 0.3 is 0 Å². The number of aryl methyl sites for hydroxylation is 1. The third-order valence-corrected chi connectivity index (χ3v) is 4.55. The summed E-state index contributed by atoms with van der Waals surface area (Å²) in [7, 11) is 1.61. The Morgan fingerprint density at radius 1 is 1.15 bits per heavy atom. The summed E-state index contributed by atoms with van der Waals surface area (Å²) in [5.74, 6) is -0.489. The minimum absolute atomic E-state index is 0.0441. The fraction of sp³-hybridized carbons (Fsp3) is 0.150. The number of anilines is 1. The van der Waals surface area contributed by atoms with Crippen LogP contribution in [0, 0.1) is 6.92 Å². The molecule has 3 aromatic rings. The van der Waals surface area contributed by atoms with Crippen LogP contribution in [-0.2, 0) is 4.79 Å². The Balaban J connectivity index is 1.73. The molecule has 5 nitrogen and oxygen atoms in total. The lowest BCUT2D eigenvalue weighted by atomic mass is 10.1. The van der Waals surface area contributed by atoms with Crippen molar-refractivity contribution >= 4 is 44.3 Å². The van der Waals surface area contributed by atoms with E-state index in [9.17, 15) is 9.59 Å². The number of para-hydroxylation sites is 1. The van der Waals surface area contributed by atoms with Crippen LogP contribution < -0.4 is 5.32 Å². The third kappa shape index (κ3) is 3.91. The summed E-state index contributed by atoms with van der Waals surface area (Å²) in [6, 6.07) is 14.8. The van der Waals surface area contributed by atoms with Crippen LogP contribution in [0.2, 0.25) is 0 Å².